The average molecular weight is 362 g/mol. The maximum atomic E-state index is 12.4. The molecule has 0 radical (unpaired) electrons. The number of thiocarbonyl (C=S) groups is 1. The third-order valence-corrected chi connectivity index (χ3v) is 4.31. The van der Waals surface area contributed by atoms with Gasteiger partial charge >= 0.3 is 0 Å². The zero-order valence-electron chi connectivity index (χ0n) is 15.1. The highest BCUT2D eigenvalue weighted by Gasteiger charge is 2.20. The van der Waals surface area contributed by atoms with Crippen molar-refractivity contribution < 1.29 is 9.59 Å². The Labute approximate surface area is 155 Å². The highest BCUT2D eigenvalue weighted by atomic mass is 32.1. The molecule has 1 aliphatic carbocycles. The number of nitrogens with one attached hydrogen (secondary N) is 3. The Bertz CT molecular complexity index is 646. The van der Waals surface area contributed by atoms with Gasteiger partial charge in [-0.05, 0) is 63.9 Å². The molecule has 1 aliphatic rings. The Kier molecular flexibility index (Phi) is 6.53. The molecule has 1 fully saturated rings. The zero-order chi connectivity index (χ0) is 18.4. The first-order chi connectivity index (χ1) is 11.7. The summed E-state index contributed by atoms with van der Waals surface area (Å²) >= 11 is 5.23. The van der Waals surface area contributed by atoms with Crippen LogP contribution < -0.4 is 16.0 Å². The van der Waals surface area contributed by atoms with E-state index in [1.807, 2.05) is 26.8 Å². The molecule has 0 atom stereocenters. The molecule has 0 aromatic heterocycles. The monoisotopic (exact) mass is 361 g/mol. The van der Waals surface area contributed by atoms with Crippen molar-refractivity contribution in [1.29, 1.82) is 0 Å². The summed E-state index contributed by atoms with van der Waals surface area (Å²) in [5.74, 6) is 0.212. The van der Waals surface area contributed by atoms with Crippen LogP contribution in [0.5, 0.6) is 0 Å². The molecule has 0 bridgehead atoms. The van der Waals surface area contributed by atoms with Crippen molar-refractivity contribution in [3.63, 3.8) is 0 Å². The van der Waals surface area contributed by atoms with Gasteiger partial charge < -0.3 is 16.0 Å². The van der Waals surface area contributed by atoms with Gasteiger partial charge in [0.05, 0.1) is 11.3 Å². The van der Waals surface area contributed by atoms with Crippen molar-refractivity contribution in [2.24, 2.45) is 5.92 Å². The molecule has 6 heteroatoms. The van der Waals surface area contributed by atoms with Crippen LogP contribution in [0.15, 0.2) is 24.3 Å². The molecule has 2 amide bonds. The lowest BCUT2D eigenvalue weighted by molar-refractivity contribution is -0.120. The second-order valence-corrected chi connectivity index (χ2v) is 8.01. The fourth-order valence-electron chi connectivity index (χ4n) is 3.01. The number of benzene rings is 1. The zero-order valence-corrected chi connectivity index (χ0v) is 16.0. The van der Waals surface area contributed by atoms with E-state index < -0.39 is 0 Å². The van der Waals surface area contributed by atoms with Crippen LogP contribution in [0.1, 0.15) is 63.2 Å². The normalized spacial score (nSPS) is 14.8. The first-order valence-electron chi connectivity index (χ1n) is 8.77. The number of para-hydroxylation sites is 1. The van der Waals surface area contributed by atoms with Gasteiger partial charge in [-0.2, -0.15) is 0 Å². The summed E-state index contributed by atoms with van der Waals surface area (Å²) in [7, 11) is 0. The summed E-state index contributed by atoms with van der Waals surface area (Å²) in [5, 5.41) is 8.84. The van der Waals surface area contributed by atoms with Crippen LogP contribution in [-0.2, 0) is 4.79 Å². The third-order valence-electron chi connectivity index (χ3n) is 4.11. The maximum absolute atomic E-state index is 12.4. The lowest BCUT2D eigenvalue weighted by atomic mass is 10.0. The standard InChI is InChI=1S/C19H27N3O2S/c1-19(2,3)22-17(24)14-10-6-7-11-15(14)20-18(25)21-16(23)12-13-8-4-5-9-13/h6-7,10-11,13H,4-5,8-9,12H2,1-3H3,(H,22,24)(H2,20,21,23,25). The number of carbonyl (C=O) groups excluding carboxylic acids is 2. The summed E-state index contributed by atoms with van der Waals surface area (Å²) in [5.41, 5.74) is 0.737. The van der Waals surface area contributed by atoms with E-state index in [1.54, 1.807) is 18.2 Å². The third kappa shape index (κ3) is 6.46. The molecule has 1 aromatic rings. The van der Waals surface area contributed by atoms with Gasteiger partial charge in [0.15, 0.2) is 5.11 Å². The molecule has 0 spiro atoms. The second-order valence-electron chi connectivity index (χ2n) is 7.61. The molecule has 0 aliphatic heterocycles. The van der Waals surface area contributed by atoms with Gasteiger partial charge in [0, 0.05) is 12.0 Å². The molecule has 5 nitrogen and oxygen atoms in total. The Morgan fingerprint density at radius 1 is 1.16 bits per heavy atom. The van der Waals surface area contributed by atoms with E-state index in [0.717, 1.165) is 12.8 Å². The molecule has 0 unspecified atom stereocenters. The quantitative estimate of drug-likeness (QED) is 0.717. The topological polar surface area (TPSA) is 70.2 Å². The predicted molar refractivity (Wildman–Crippen MR) is 105 cm³/mol. The summed E-state index contributed by atoms with van der Waals surface area (Å²) in [6, 6.07) is 7.11. The van der Waals surface area contributed by atoms with Crippen LogP contribution in [0.25, 0.3) is 0 Å². The van der Waals surface area contributed by atoms with E-state index in [0.29, 0.717) is 23.6 Å². The molecule has 1 aromatic carbocycles. The number of rotatable bonds is 4. The van der Waals surface area contributed by atoms with E-state index >= 15 is 0 Å². The highest BCUT2D eigenvalue weighted by Crippen LogP contribution is 2.27. The van der Waals surface area contributed by atoms with Crippen LogP contribution in [-0.4, -0.2) is 22.5 Å². The Balaban J connectivity index is 1.96. The van der Waals surface area contributed by atoms with Crippen molar-refractivity contribution in [3.8, 4) is 0 Å². The first-order valence-corrected chi connectivity index (χ1v) is 9.18. The molecule has 2 rings (SSSR count). The van der Waals surface area contributed by atoms with Gasteiger partial charge in [0.25, 0.3) is 5.91 Å². The van der Waals surface area contributed by atoms with Crippen molar-refractivity contribution in [2.75, 3.05) is 5.32 Å². The van der Waals surface area contributed by atoms with Gasteiger partial charge in [0.1, 0.15) is 0 Å². The number of amides is 2. The van der Waals surface area contributed by atoms with Gasteiger partial charge in [0.2, 0.25) is 5.91 Å². The fourth-order valence-corrected chi connectivity index (χ4v) is 3.23. The minimum atomic E-state index is -0.333. The van der Waals surface area contributed by atoms with Crippen LogP contribution in [0.2, 0.25) is 0 Å². The second kappa shape index (κ2) is 8.43. The van der Waals surface area contributed by atoms with Crippen molar-refractivity contribution >= 4 is 34.8 Å². The van der Waals surface area contributed by atoms with Gasteiger partial charge in [-0.25, -0.2) is 0 Å². The van der Waals surface area contributed by atoms with Gasteiger partial charge in [-0.3, -0.25) is 9.59 Å². The molecular weight excluding hydrogens is 334 g/mol. The van der Waals surface area contributed by atoms with Crippen LogP contribution >= 0.6 is 12.2 Å². The van der Waals surface area contributed by atoms with Crippen LogP contribution in [0.3, 0.4) is 0 Å². The van der Waals surface area contributed by atoms with Crippen molar-refractivity contribution in [2.45, 2.75) is 58.4 Å². The average Bonchev–Trinajstić information content (AvgIpc) is 2.98. The first kappa shape index (κ1) is 19.4. The lowest BCUT2D eigenvalue weighted by Gasteiger charge is -2.22. The molecule has 0 heterocycles. The predicted octanol–water partition coefficient (Wildman–Crippen LogP) is 3.61. The molecular formula is C19H27N3O2S. The largest absolute Gasteiger partial charge is 0.347 e. The Hall–Kier alpha value is -1.95. The number of hydrogen-bond acceptors (Lipinski definition) is 3. The number of carbonyl (C=O) groups is 2. The van der Waals surface area contributed by atoms with E-state index in [-0.39, 0.29) is 22.5 Å². The SMILES string of the molecule is CC(C)(C)NC(=O)c1ccccc1NC(=S)NC(=O)CC1CCCC1. The van der Waals surface area contributed by atoms with Crippen LogP contribution in [0, 0.1) is 5.92 Å². The lowest BCUT2D eigenvalue weighted by Crippen LogP contribution is -2.41. The molecule has 3 N–H and O–H groups in total. The summed E-state index contributed by atoms with van der Waals surface area (Å²) in [6.45, 7) is 5.78. The summed E-state index contributed by atoms with van der Waals surface area (Å²) < 4.78 is 0. The van der Waals surface area contributed by atoms with E-state index in [9.17, 15) is 9.59 Å². The number of hydrogen-bond donors (Lipinski definition) is 3. The van der Waals surface area contributed by atoms with Gasteiger partial charge in [-0.1, -0.05) is 25.0 Å². The van der Waals surface area contributed by atoms with E-state index in [2.05, 4.69) is 16.0 Å². The van der Waals surface area contributed by atoms with E-state index in [4.69, 9.17) is 12.2 Å². The van der Waals surface area contributed by atoms with Gasteiger partial charge in [-0.15, -0.1) is 0 Å². The molecule has 136 valence electrons. The maximum Gasteiger partial charge on any atom is 0.253 e. The number of anilines is 1. The minimum absolute atomic E-state index is 0.0685. The highest BCUT2D eigenvalue weighted by molar-refractivity contribution is 7.80. The van der Waals surface area contributed by atoms with Crippen molar-refractivity contribution in [3.05, 3.63) is 29.8 Å². The fraction of sp³-hybridized carbons (Fsp3) is 0.526. The van der Waals surface area contributed by atoms with Crippen molar-refractivity contribution in [1.82, 2.24) is 10.6 Å². The molecule has 25 heavy (non-hydrogen) atoms. The summed E-state index contributed by atoms with van der Waals surface area (Å²) in [6.07, 6.45) is 5.15. The van der Waals surface area contributed by atoms with E-state index in [1.165, 1.54) is 12.8 Å². The Morgan fingerprint density at radius 2 is 1.80 bits per heavy atom. The minimum Gasteiger partial charge on any atom is -0.347 e. The summed E-state index contributed by atoms with van der Waals surface area (Å²) in [4.78, 5) is 24.5. The smallest absolute Gasteiger partial charge is 0.253 e. The Morgan fingerprint density at radius 3 is 2.44 bits per heavy atom. The van der Waals surface area contributed by atoms with Crippen LogP contribution in [0.4, 0.5) is 5.69 Å². The molecule has 1 saturated carbocycles. The molecule has 0 saturated heterocycles.